The lowest BCUT2D eigenvalue weighted by Crippen LogP contribution is -2.40. The number of furan rings is 1. The first-order chi connectivity index (χ1) is 12.3. The number of H-pyrrole nitrogens is 1. The number of aromatic nitrogens is 2. The van der Waals surface area contributed by atoms with Gasteiger partial charge in [-0.3, -0.25) is 4.79 Å². The molecule has 0 saturated heterocycles. The summed E-state index contributed by atoms with van der Waals surface area (Å²) in [6, 6.07) is 9.79. The Balaban J connectivity index is 1.52. The Kier molecular flexibility index (Phi) is 3.40. The maximum Gasteiger partial charge on any atom is 0.223 e. The maximum absolute atomic E-state index is 12.9. The van der Waals surface area contributed by atoms with Crippen molar-refractivity contribution >= 4 is 16.9 Å². The smallest absolute Gasteiger partial charge is 0.223 e. The molecular weight excluding hydrogens is 314 g/mol. The summed E-state index contributed by atoms with van der Waals surface area (Å²) in [5.74, 6) is 1.78. The average molecular weight is 335 g/mol. The van der Waals surface area contributed by atoms with Gasteiger partial charge in [-0.2, -0.15) is 0 Å². The van der Waals surface area contributed by atoms with Crippen LogP contribution in [0.4, 0.5) is 0 Å². The molecular formula is C20H21N3O2. The fourth-order valence-corrected chi connectivity index (χ4v) is 3.85. The molecule has 25 heavy (non-hydrogen) atoms. The predicted octanol–water partition coefficient (Wildman–Crippen LogP) is 3.82. The fourth-order valence-electron chi connectivity index (χ4n) is 3.85. The van der Waals surface area contributed by atoms with Crippen molar-refractivity contribution in [3.63, 3.8) is 0 Å². The second kappa shape index (κ2) is 5.76. The van der Waals surface area contributed by atoms with Gasteiger partial charge in [-0.15, -0.1) is 0 Å². The van der Waals surface area contributed by atoms with Gasteiger partial charge in [0.1, 0.15) is 17.4 Å². The molecule has 1 fully saturated rings. The number of hydrogen-bond donors (Lipinski definition) is 1. The van der Waals surface area contributed by atoms with Crippen LogP contribution in [0.5, 0.6) is 0 Å². The van der Waals surface area contributed by atoms with E-state index in [9.17, 15) is 4.79 Å². The summed E-state index contributed by atoms with van der Waals surface area (Å²) in [6.45, 7) is 0.709. The van der Waals surface area contributed by atoms with E-state index in [1.54, 1.807) is 6.33 Å². The van der Waals surface area contributed by atoms with E-state index in [2.05, 4.69) is 9.97 Å². The highest BCUT2D eigenvalue weighted by atomic mass is 16.3. The van der Waals surface area contributed by atoms with Crippen molar-refractivity contribution in [2.24, 2.45) is 5.92 Å². The third kappa shape index (κ3) is 2.64. The molecule has 2 aromatic heterocycles. The normalized spacial score (nSPS) is 20.0. The van der Waals surface area contributed by atoms with Crippen LogP contribution in [0.25, 0.3) is 11.0 Å². The van der Waals surface area contributed by atoms with Crippen molar-refractivity contribution in [2.45, 2.75) is 38.1 Å². The van der Waals surface area contributed by atoms with E-state index < -0.39 is 0 Å². The summed E-state index contributed by atoms with van der Waals surface area (Å²) in [6.07, 6.45) is 6.74. The number of carbonyl (C=O) groups is 1. The molecule has 3 heterocycles. The lowest BCUT2D eigenvalue weighted by Gasteiger charge is -2.33. The molecule has 2 aliphatic rings. The molecule has 5 nitrogen and oxygen atoms in total. The van der Waals surface area contributed by atoms with Gasteiger partial charge in [0.25, 0.3) is 0 Å². The first-order valence-corrected chi connectivity index (χ1v) is 9.09. The summed E-state index contributed by atoms with van der Waals surface area (Å²) >= 11 is 0. The van der Waals surface area contributed by atoms with Crippen molar-refractivity contribution < 1.29 is 9.21 Å². The number of nitrogens with zero attached hydrogens (tertiary/aromatic N) is 2. The number of aromatic amines is 1. The minimum atomic E-state index is -0.228. The maximum atomic E-state index is 12.9. The van der Waals surface area contributed by atoms with Gasteiger partial charge in [-0.1, -0.05) is 31.0 Å². The van der Waals surface area contributed by atoms with Crippen LogP contribution in [-0.4, -0.2) is 27.3 Å². The SMILES string of the molecule is O=C(CCC1CC1)N1CCc2[nH]cnc2[C@@H]1c1cc2ccccc2o1. The zero-order valence-corrected chi connectivity index (χ0v) is 14.1. The standard InChI is InChI=1S/C20H21N3O2/c24-18(8-7-13-5-6-13)23-10-9-15-19(22-12-21-15)20(23)17-11-14-3-1-2-4-16(14)25-17/h1-4,11-13,20H,5-10H2,(H,21,22)/t20-/m0/s1. The van der Waals surface area contributed by atoms with Gasteiger partial charge >= 0.3 is 0 Å². The first kappa shape index (κ1) is 14.8. The van der Waals surface area contributed by atoms with E-state index in [1.165, 1.54) is 12.8 Å². The molecule has 1 aliphatic heterocycles. The lowest BCUT2D eigenvalue weighted by atomic mass is 9.99. The van der Waals surface area contributed by atoms with Gasteiger partial charge in [-0.05, 0) is 24.5 Å². The fraction of sp³-hybridized carbons (Fsp3) is 0.400. The van der Waals surface area contributed by atoms with Gasteiger partial charge < -0.3 is 14.3 Å². The van der Waals surface area contributed by atoms with Crippen LogP contribution >= 0.6 is 0 Å². The van der Waals surface area contributed by atoms with E-state index >= 15 is 0 Å². The Bertz CT molecular complexity index is 889. The molecule has 5 rings (SSSR count). The third-order valence-electron chi connectivity index (χ3n) is 5.42. The number of fused-ring (bicyclic) bond motifs is 2. The van der Waals surface area contributed by atoms with Gasteiger partial charge in [0.15, 0.2) is 0 Å². The molecule has 1 aliphatic carbocycles. The van der Waals surface area contributed by atoms with E-state index in [1.807, 2.05) is 35.2 Å². The quantitative estimate of drug-likeness (QED) is 0.788. The highest BCUT2D eigenvalue weighted by Crippen LogP contribution is 2.38. The molecule has 1 atom stereocenters. The molecule has 1 aromatic carbocycles. The van der Waals surface area contributed by atoms with Crippen molar-refractivity contribution in [2.75, 3.05) is 6.54 Å². The summed E-state index contributed by atoms with van der Waals surface area (Å²) in [4.78, 5) is 22.6. The lowest BCUT2D eigenvalue weighted by molar-refractivity contribution is -0.133. The van der Waals surface area contributed by atoms with Gasteiger partial charge in [-0.25, -0.2) is 4.98 Å². The number of amides is 1. The Morgan fingerprint density at radius 2 is 2.20 bits per heavy atom. The summed E-state index contributed by atoms with van der Waals surface area (Å²) in [5, 5.41) is 1.06. The number of imidazole rings is 1. The van der Waals surface area contributed by atoms with Crippen molar-refractivity contribution in [3.05, 3.63) is 53.8 Å². The van der Waals surface area contributed by atoms with Crippen LogP contribution in [0.1, 0.15) is 48.9 Å². The Hall–Kier alpha value is -2.56. The monoisotopic (exact) mass is 335 g/mol. The summed E-state index contributed by atoms with van der Waals surface area (Å²) < 4.78 is 6.10. The average Bonchev–Trinajstić information content (AvgIpc) is 3.17. The van der Waals surface area contributed by atoms with Crippen LogP contribution in [0.3, 0.4) is 0 Å². The van der Waals surface area contributed by atoms with Crippen molar-refractivity contribution in [3.8, 4) is 0 Å². The van der Waals surface area contributed by atoms with Crippen molar-refractivity contribution in [1.82, 2.24) is 14.9 Å². The molecule has 0 radical (unpaired) electrons. The number of para-hydroxylation sites is 1. The highest BCUT2D eigenvalue weighted by molar-refractivity contribution is 5.80. The molecule has 128 valence electrons. The Morgan fingerprint density at radius 3 is 3.04 bits per heavy atom. The predicted molar refractivity (Wildman–Crippen MR) is 94.0 cm³/mol. The highest BCUT2D eigenvalue weighted by Gasteiger charge is 2.36. The number of nitrogens with one attached hydrogen (secondary N) is 1. The van der Waals surface area contributed by atoms with Crippen LogP contribution in [0.15, 0.2) is 41.1 Å². The molecule has 5 heteroatoms. The van der Waals surface area contributed by atoms with Crippen molar-refractivity contribution in [1.29, 1.82) is 0 Å². The Labute approximate surface area is 146 Å². The van der Waals surface area contributed by atoms with E-state index in [0.717, 1.165) is 46.9 Å². The molecule has 3 aromatic rings. The van der Waals surface area contributed by atoms with E-state index in [4.69, 9.17) is 4.42 Å². The second-order valence-corrected chi connectivity index (χ2v) is 7.17. The Morgan fingerprint density at radius 1 is 1.32 bits per heavy atom. The van der Waals surface area contributed by atoms with Gasteiger partial charge in [0.05, 0.1) is 12.0 Å². The molecule has 0 unspecified atom stereocenters. The zero-order valence-electron chi connectivity index (χ0n) is 14.1. The minimum Gasteiger partial charge on any atom is -0.458 e. The van der Waals surface area contributed by atoms with Gasteiger partial charge in [0, 0.05) is 30.5 Å². The molecule has 0 spiro atoms. The summed E-state index contributed by atoms with van der Waals surface area (Å²) in [7, 11) is 0. The first-order valence-electron chi connectivity index (χ1n) is 9.09. The summed E-state index contributed by atoms with van der Waals surface area (Å²) in [5.41, 5.74) is 2.88. The molecule has 1 N–H and O–H groups in total. The topological polar surface area (TPSA) is 62.1 Å². The number of benzene rings is 1. The number of hydrogen-bond acceptors (Lipinski definition) is 3. The van der Waals surface area contributed by atoms with Crippen LogP contribution in [0.2, 0.25) is 0 Å². The van der Waals surface area contributed by atoms with Gasteiger partial charge in [0.2, 0.25) is 5.91 Å². The zero-order chi connectivity index (χ0) is 16.8. The van der Waals surface area contributed by atoms with Crippen LogP contribution in [0, 0.1) is 5.92 Å². The van der Waals surface area contributed by atoms with Crippen LogP contribution in [-0.2, 0) is 11.2 Å². The largest absolute Gasteiger partial charge is 0.458 e. The second-order valence-electron chi connectivity index (χ2n) is 7.17. The van der Waals surface area contributed by atoms with Crippen LogP contribution < -0.4 is 0 Å². The van der Waals surface area contributed by atoms with E-state index in [0.29, 0.717) is 13.0 Å². The number of rotatable bonds is 4. The molecule has 1 amide bonds. The molecule has 0 bridgehead atoms. The minimum absolute atomic E-state index is 0.214. The van der Waals surface area contributed by atoms with E-state index in [-0.39, 0.29) is 11.9 Å². The number of carbonyl (C=O) groups excluding carboxylic acids is 1. The molecule has 1 saturated carbocycles. The third-order valence-corrected chi connectivity index (χ3v) is 5.42.